The lowest BCUT2D eigenvalue weighted by Crippen LogP contribution is -2.50. The van der Waals surface area contributed by atoms with E-state index in [2.05, 4.69) is 10.6 Å². The fourth-order valence-corrected chi connectivity index (χ4v) is 1.05. The second-order valence-corrected chi connectivity index (χ2v) is 3.59. The molecule has 0 fully saturated rings. The van der Waals surface area contributed by atoms with E-state index < -0.39 is 30.0 Å². The summed E-state index contributed by atoms with van der Waals surface area (Å²) in [7, 11) is 0. The molecule has 0 aliphatic carbocycles. The lowest BCUT2D eigenvalue weighted by atomic mass is 10.2. The van der Waals surface area contributed by atoms with Gasteiger partial charge in [0, 0.05) is 19.6 Å². The van der Waals surface area contributed by atoms with E-state index in [0.29, 0.717) is 0 Å². The van der Waals surface area contributed by atoms with Crippen LogP contribution in [0.5, 0.6) is 0 Å². The molecule has 0 amide bonds. The molecule has 0 spiro atoms. The second-order valence-electron chi connectivity index (χ2n) is 3.59. The van der Waals surface area contributed by atoms with E-state index in [9.17, 15) is 14.4 Å². The predicted octanol–water partition coefficient (Wildman–Crippen LogP) is -1.47. The summed E-state index contributed by atoms with van der Waals surface area (Å²) < 4.78 is 0. The highest BCUT2D eigenvalue weighted by Gasteiger charge is 2.19. The molecule has 0 bridgehead atoms. The Hall–Kier alpha value is -1.71. The fourth-order valence-electron chi connectivity index (χ4n) is 1.05. The molecular formula is C11H23N3O6. The third-order valence-corrected chi connectivity index (χ3v) is 2.06. The van der Waals surface area contributed by atoms with Crippen molar-refractivity contribution in [1.29, 1.82) is 0 Å². The van der Waals surface area contributed by atoms with Gasteiger partial charge in [0.15, 0.2) is 0 Å². The molecule has 0 rings (SSSR count). The number of hydrogen-bond acceptors (Lipinski definition) is 6. The number of hydrogen-bond donors (Lipinski definition) is 6. The van der Waals surface area contributed by atoms with Crippen molar-refractivity contribution in [2.75, 3.05) is 19.6 Å². The normalized spacial score (nSPS) is 12.8. The SMILES string of the molecule is CC.NC(CNC(CNCCC(=O)O)C(=O)O)C(=O)O. The summed E-state index contributed by atoms with van der Waals surface area (Å²) in [5.41, 5.74) is 5.21. The van der Waals surface area contributed by atoms with Crippen molar-refractivity contribution in [3.05, 3.63) is 0 Å². The van der Waals surface area contributed by atoms with Crippen molar-refractivity contribution in [3.8, 4) is 0 Å². The zero-order valence-corrected chi connectivity index (χ0v) is 11.6. The number of carboxylic acids is 3. The number of aliphatic carboxylic acids is 3. The maximum atomic E-state index is 10.8. The third kappa shape index (κ3) is 11.4. The number of carboxylic acid groups (broad SMARTS) is 3. The van der Waals surface area contributed by atoms with Crippen molar-refractivity contribution in [2.45, 2.75) is 32.4 Å². The first-order valence-corrected chi connectivity index (χ1v) is 6.21. The molecule has 0 aromatic carbocycles. The Bertz CT molecular complexity index is 311. The third-order valence-electron chi connectivity index (χ3n) is 2.06. The van der Waals surface area contributed by atoms with E-state index in [4.69, 9.17) is 21.1 Å². The first kappa shape index (κ1) is 20.6. The van der Waals surface area contributed by atoms with Crippen LogP contribution in [0.4, 0.5) is 0 Å². The van der Waals surface area contributed by atoms with Crippen LogP contribution < -0.4 is 16.4 Å². The standard InChI is InChI=1S/C9H17N3O6.C2H6/c10-5(8(15)16)3-12-6(9(17)18)4-11-2-1-7(13)14;1-2/h5-6,11-12H,1-4,10H2,(H,13,14)(H,15,16)(H,17,18);1-2H3. The molecule has 20 heavy (non-hydrogen) atoms. The summed E-state index contributed by atoms with van der Waals surface area (Å²) in [4.78, 5) is 31.4. The lowest BCUT2D eigenvalue weighted by molar-refractivity contribution is -0.141. The van der Waals surface area contributed by atoms with Gasteiger partial charge in [0.1, 0.15) is 12.1 Å². The first-order valence-electron chi connectivity index (χ1n) is 6.21. The van der Waals surface area contributed by atoms with E-state index in [0.717, 1.165) is 0 Å². The van der Waals surface area contributed by atoms with Crippen molar-refractivity contribution in [1.82, 2.24) is 10.6 Å². The molecule has 0 radical (unpaired) electrons. The highest BCUT2D eigenvalue weighted by molar-refractivity contribution is 5.75. The van der Waals surface area contributed by atoms with E-state index in [1.807, 2.05) is 13.8 Å². The highest BCUT2D eigenvalue weighted by Crippen LogP contribution is 1.85. The molecule has 0 saturated heterocycles. The molecule has 0 heterocycles. The van der Waals surface area contributed by atoms with Gasteiger partial charge >= 0.3 is 17.9 Å². The topological polar surface area (TPSA) is 162 Å². The van der Waals surface area contributed by atoms with Gasteiger partial charge in [0.05, 0.1) is 6.42 Å². The minimum atomic E-state index is -1.23. The minimum absolute atomic E-state index is 0.0189. The number of nitrogens with two attached hydrogens (primary N) is 1. The Kier molecular flexibility index (Phi) is 12.7. The largest absolute Gasteiger partial charge is 0.481 e. The zero-order valence-electron chi connectivity index (χ0n) is 11.6. The summed E-state index contributed by atoms with van der Waals surface area (Å²) in [6.45, 7) is 3.92. The summed E-state index contributed by atoms with van der Waals surface area (Å²) >= 11 is 0. The maximum absolute atomic E-state index is 10.8. The van der Waals surface area contributed by atoms with Crippen molar-refractivity contribution in [2.24, 2.45) is 5.73 Å². The molecule has 9 nitrogen and oxygen atoms in total. The van der Waals surface area contributed by atoms with Gasteiger partial charge in [-0.1, -0.05) is 13.8 Å². The van der Waals surface area contributed by atoms with E-state index in [1.165, 1.54) is 0 Å². The van der Waals surface area contributed by atoms with Crippen LogP contribution in [0.3, 0.4) is 0 Å². The van der Waals surface area contributed by atoms with Gasteiger partial charge in [-0.15, -0.1) is 0 Å². The summed E-state index contributed by atoms with van der Waals surface area (Å²) in [6.07, 6.45) is -0.124. The van der Waals surface area contributed by atoms with Crippen LogP contribution >= 0.6 is 0 Å². The van der Waals surface area contributed by atoms with Crippen molar-refractivity contribution < 1.29 is 29.7 Å². The van der Waals surface area contributed by atoms with E-state index in [1.54, 1.807) is 0 Å². The molecular weight excluding hydrogens is 270 g/mol. The highest BCUT2D eigenvalue weighted by atomic mass is 16.4. The monoisotopic (exact) mass is 293 g/mol. The molecule has 118 valence electrons. The summed E-state index contributed by atoms with van der Waals surface area (Å²) in [5.74, 6) is -3.39. The van der Waals surface area contributed by atoms with E-state index in [-0.39, 0.29) is 26.1 Å². The predicted molar refractivity (Wildman–Crippen MR) is 71.5 cm³/mol. The molecule has 2 unspecified atom stereocenters. The van der Waals surface area contributed by atoms with Crippen LogP contribution in [-0.2, 0) is 14.4 Å². The second kappa shape index (κ2) is 12.3. The van der Waals surface area contributed by atoms with Gasteiger partial charge in [-0.2, -0.15) is 0 Å². The van der Waals surface area contributed by atoms with Crippen LogP contribution in [0, 0.1) is 0 Å². The Morgan fingerprint density at radius 2 is 1.60 bits per heavy atom. The molecule has 0 aromatic heterocycles. The first-order chi connectivity index (χ1) is 9.34. The average Bonchev–Trinajstić information content (AvgIpc) is 2.38. The molecule has 9 heteroatoms. The van der Waals surface area contributed by atoms with Gasteiger partial charge in [0.2, 0.25) is 0 Å². The summed E-state index contributed by atoms with van der Waals surface area (Å²) in [5, 5.41) is 30.8. The zero-order chi connectivity index (χ0) is 16.1. The van der Waals surface area contributed by atoms with Crippen LogP contribution in [-0.4, -0.2) is 64.9 Å². The average molecular weight is 293 g/mol. The Morgan fingerprint density at radius 3 is 2.00 bits per heavy atom. The van der Waals surface area contributed by atoms with Crippen molar-refractivity contribution in [3.63, 3.8) is 0 Å². The maximum Gasteiger partial charge on any atom is 0.322 e. The van der Waals surface area contributed by atoms with Crippen molar-refractivity contribution >= 4 is 17.9 Å². The van der Waals surface area contributed by atoms with Gasteiger partial charge in [-0.3, -0.25) is 14.4 Å². The van der Waals surface area contributed by atoms with Crippen LogP contribution in [0.2, 0.25) is 0 Å². The minimum Gasteiger partial charge on any atom is -0.481 e. The Morgan fingerprint density at radius 1 is 1.05 bits per heavy atom. The fraction of sp³-hybridized carbons (Fsp3) is 0.727. The molecule has 0 aromatic rings. The number of nitrogens with one attached hydrogen (secondary N) is 2. The molecule has 0 aliphatic heterocycles. The Balaban J connectivity index is 0. The van der Waals surface area contributed by atoms with Crippen LogP contribution in [0.25, 0.3) is 0 Å². The van der Waals surface area contributed by atoms with Gasteiger partial charge in [-0.05, 0) is 0 Å². The number of rotatable bonds is 10. The summed E-state index contributed by atoms with van der Waals surface area (Å²) in [6, 6.07) is -2.21. The number of carbonyl (C=O) groups is 3. The lowest BCUT2D eigenvalue weighted by Gasteiger charge is -2.16. The smallest absolute Gasteiger partial charge is 0.322 e. The van der Waals surface area contributed by atoms with Gasteiger partial charge in [0.25, 0.3) is 0 Å². The molecule has 7 N–H and O–H groups in total. The molecule has 0 aliphatic rings. The van der Waals surface area contributed by atoms with Crippen LogP contribution in [0.1, 0.15) is 20.3 Å². The van der Waals surface area contributed by atoms with E-state index >= 15 is 0 Å². The quantitative estimate of drug-likeness (QED) is 0.264. The van der Waals surface area contributed by atoms with Gasteiger partial charge in [-0.25, -0.2) is 0 Å². The van der Waals surface area contributed by atoms with Gasteiger partial charge < -0.3 is 31.7 Å². The Labute approximate surface area is 117 Å². The molecule has 0 saturated carbocycles. The molecule has 2 atom stereocenters. The van der Waals surface area contributed by atoms with Crippen LogP contribution in [0.15, 0.2) is 0 Å².